The number of rotatable bonds is 4. The molecule has 1 aromatic rings. The summed E-state index contributed by atoms with van der Waals surface area (Å²) in [5.74, 6) is 2.03. The Morgan fingerprint density at radius 2 is 2.06 bits per heavy atom. The van der Waals surface area contributed by atoms with E-state index in [-0.39, 0.29) is 0 Å². The average molecular weight is 247 g/mol. The third-order valence-corrected chi connectivity index (χ3v) is 3.69. The number of aryl methyl sites for hydroxylation is 1. The maximum Gasteiger partial charge on any atom is 0.129 e. The van der Waals surface area contributed by atoms with Gasteiger partial charge in [-0.15, -0.1) is 0 Å². The van der Waals surface area contributed by atoms with E-state index in [9.17, 15) is 0 Å². The molecule has 2 rings (SSSR count). The Balaban J connectivity index is 2.09. The van der Waals surface area contributed by atoms with Crippen molar-refractivity contribution < 1.29 is 0 Å². The summed E-state index contributed by atoms with van der Waals surface area (Å²) in [7, 11) is 0. The second-order valence-corrected chi connectivity index (χ2v) is 5.42. The fourth-order valence-electron chi connectivity index (χ4n) is 2.49. The Labute approximate surface area is 111 Å². The molecule has 0 radical (unpaired) electrons. The zero-order valence-electron chi connectivity index (χ0n) is 11.9. The number of piperidine rings is 1. The second kappa shape index (κ2) is 6.19. The fraction of sp³-hybridized carbons (Fsp3) is 0.667. The molecule has 1 aliphatic heterocycles. The molecule has 0 aromatic carbocycles. The summed E-state index contributed by atoms with van der Waals surface area (Å²) in [6, 6.07) is 4.42. The third kappa shape index (κ3) is 3.45. The predicted molar refractivity (Wildman–Crippen MR) is 77.0 cm³/mol. The Kier molecular flexibility index (Phi) is 4.59. The standard InChI is InChI=1S/C15H25N3/c1-4-16-11-14-9-13(3)17-15(10-14)18-7-5-12(2)6-8-18/h9-10,12,16H,4-8,11H2,1-3H3. The Hall–Kier alpha value is -1.09. The zero-order chi connectivity index (χ0) is 13.0. The minimum Gasteiger partial charge on any atom is -0.357 e. The van der Waals surface area contributed by atoms with Crippen molar-refractivity contribution in [3.63, 3.8) is 0 Å². The van der Waals surface area contributed by atoms with Crippen molar-refractivity contribution in [3.8, 4) is 0 Å². The molecule has 0 bridgehead atoms. The number of pyridine rings is 1. The highest BCUT2D eigenvalue weighted by molar-refractivity contribution is 5.43. The van der Waals surface area contributed by atoms with E-state index in [4.69, 9.17) is 0 Å². The molecule has 1 N–H and O–H groups in total. The molecular formula is C15H25N3. The number of anilines is 1. The first kappa shape index (κ1) is 13.3. The lowest BCUT2D eigenvalue weighted by atomic mass is 9.99. The molecule has 0 spiro atoms. The molecule has 0 atom stereocenters. The van der Waals surface area contributed by atoms with Crippen LogP contribution in [0.25, 0.3) is 0 Å². The molecule has 1 aromatic heterocycles. The second-order valence-electron chi connectivity index (χ2n) is 5.42. The van der Waals surface area contributed by atoms with Gasteiger partial charge in [-0.1, -0.05) is 13.8 Å². The molecule has 3 nitrogen and oxygen atoms in total. The number of aromatic nitrogens is 1. The van der Waals surface area contributed by atoms with E-state index < -0.39 is 0 Å². The van der Waals surface area contributed by atoms with Gasteiger partial charge in [-0.05, 0) is 49.9 Å². The van der Waals surface area contributed by atoms with Crippen LogP contribution in [0.15, 0.2) is 12.1 Å². The molecule has 1 saturated heterocycles. The number of nitrogens with zero attached hydrogens (tertiary/aromatic N) is 2. The van der Waals surface area contributed by atoms with E-state index in [1.54, 1.807) is 0 Å². The third-order valence-electron chi connectivity index (χ3n) is 3.69. The van der Waals surface area contributed by atoms with Crippen molar-refractivity contribution >= 4 is 5.82 Å². The van der Waals surface area contributed by atoms with Crippen LogP contribution in [0.4, 0.5) is 5.82 Å². The summed E-state index contributed by atoms with van der Waals surface area (Å²) in [5.41, 5.74) is 2.47. The molecule has 100 valence electrons. The van der Waals surface area contributed by atoms with E-state index >= 15 is 0 Å². The Morgan fingerprint density at radius 1 is 1.33 bits per heavy atom. The molecule has 3 heteroatoms. The van der Waals surface area contributed by atoms with Crippen LogP contribution >= 0.6 is 0 Å². The Morgan fingerprint density at radius 3 is 2.72 bits per heavy atom. The van der Waals surface area contributed by atoms with Crippen LogP contribution in [0.5, 0.6) is 0 Å². The quantitative estimate of drug-likeness (QED) is 0.886. The summed E-state index contributed by atoms with van der Waals surface area (Å²) in [4.78, 5) is 7.12. The molecule has 0 aliphatic carbocycles. The van der Waals surface area contributed by atoms with Crippen LogP contribution < -0.4 is 10.2 Å². The van der Waals surface area contributed by atoms with Gasteiger partial charge in [0.15, 0.2) is 0 Å². The highest BCUT2D eigenvalue weighted by Crippen LogP contribution is 2.22. The van der Waals surface area contributed by atoms with Gasteiger partial charge in [0.1, 0.15) is 5.82 Å². The van der Waals surface area contributed by atoms with E-state index in [0.29, 0.717) is 0 Å². The van der Waals surface area contributed by atoms with Crippen LogP contribution in [0.3, 0.4) is 0 Å². The van der Waals surface area contributed by atoms with Crippen LogP contribution in [0.2, 0.25) is 0 Å². The highest BCUT2D eigenvalue weighted by Gasteiger charge is 2.17. The smallest absolute Gasteiger partial charge is 0.129 e. The average Bonchev–Trinajstić information content (AvgIpc) is 2.36. The lowest BCUT2D eigenvalue weighted by Crippen LogP contribution is -2.33. The van der Waals surface area contributed by atoms with Crippen LogP contribution in [-0.4, -0.2) is 24.6 Å². The highest BCUT2D eigenvalue weighted by atomic mass is 15.2. The molecule has 0 amide bonds. The first-order chi connectivity index (χ1) is 8.69. The summed E-state index contributed by atoms with van der Waals surface area (Å²) in [6.45, 7) is 10.8. The minimum atomic E-state index is 0.868. The topological polar surface area (TPSA) is 28.2 Å². The van der Waals surface area contributed by atoms with E-state index in [1.807, 2.05) is 0 Å². The minimum absolute atomic E-state index is 0.868. The largest absolute Gasteiger partial charge is 0.357 e. The van der Waals surface area contributed by atoms with Gasteiger partial charge < -0.3 is 10.2 Å². The van der Waals surface area contributed by atoms with Crippen molar-refractivity contribution in [2.45, 2.75) is 40.2 Å². The van der Waals surface area contributed by atoms with Gasteiger partial charge in [-0.3, -0.25) is 0 Å². The summed E-state index contributed by atoms with van der Waals surface area (Å²) < 4.78 is 0. The first-order valence-corrected chi connectivity index (χ1v) is 7.12. The molecule has 1 aliphatic rings. The van der Waals surface area contributed by atoms with Crippen molar-refractivity contribution in [3.05, 3.63) is 23.4 Å². The predicted octanol–water partition coefficient (Wildman–Crippen LogP) is 2.74. The van der Waals surface area contributed by atoms with Gasteiger partial charge >= 0.3 is 0 Å². The van der Waals surface area contributed by atoms with Gasteiger partial charge in [0.2, 0.25) is 0 Å². The number of nitrogens with one attached hydrogen (secondary N) is 1. The monoisotopic (exact) mass is 247 g/mol. The van der Waals surface area contributed by atoms with Crippen molar-refractivity contribution in [2.24, 2.45) is 5.92 Å². The lowest BCUT2D eigenvalue weighted by molar-refractivity contribution is 0.436. The SMILES string of the molecule is CCNCc1cc(C)nc(N2CCC(C)CC2)c1. The van der Waals surface area contributed by atoms with Crippen molar-refractivity contribution in [2.75, 3.05) is 24.5 Å². The van der Waals surface area contributed by atoms with Gasteiger partial charge in [-0.2, -0.15) is 0 Å². The maximum absolute atomic E-state index is 4.69. The zero-order valence-corrected chi connectivity index (χ0v) is 11.9. The first-order valence-electron chi connectivity index (χ1n) is 7.12. The molecule has 2 heterocycles. The molecule has 18 heavy (non-hydrogen) atoms. The van der Waals surface area contributed by atoms with Gasteiger partial charge in [0.05, 0.1) is 0 Å². The maximum atomic E-state index is 4.69. The molecule has 0 saturated carbocycles. The van der Waals surface area contributed by atoms with Crippen LogP contribution in [0.1, 0.15) is 37.9 Å². The van der Waals surface area contributed by atoms with Crippen molar-refractivity contribution in [1.82, 2.24) is 10.3 Å². The van der Waals surface area contributed by atoms with Gasteiger partial charge in [-0.25, -0.2) is 4.98 Å². The fourth-order valence-corrected chi connectivity index (χ4v) is 2.49. The molecular weight excluding hydrogens is 222 g/mol. The van der Waals surface area contributed by atoms with Gasteiger partial charge in [0.25, 0.3) is 0 Å². The molecule has 1 fully saturated rings. The van der Waals surface area contributed by atoms with Crippen LogP contribution in [0, 0.1) is 12.8 Å². The Bertz CT molecular complexity index is 381. The number of hydrogen-bond donors (Lipinski definition) is 1. The van der Waals surface area contributed by atoms with E-state index in [2.05, 4.69) is 48.1 Å². The van der Waals surface area contributed by atoms with E-state index in [1.165, 1.54) is 18.4 Å². The number of hydrogen-bond acceptors (Lipinski definition) is 3. The van der Waals surface area contributed by atoms with Gasteiger partial charge in [0, 0.05) is 25.3 Å². The van der Waals surface area contributed by atoms with Crippen LogP contribution in [-0.2, 0) is 6.54 Å². The van der Waals surface area contributed by atoms with Crippen molar-refractivity contribution in [1.29, 1.82) is 0 Å². The molecule has 0 unspecified atom stereocenters. The summed E-state index contributed by atoms with van der Waals surface area (Å²) >= 11 is 0. The lowest BCUT2D eigenvalue weighted by Gasteiger charge is -2.31. The summed E-state index contributed by atoms with van der Waals surface area (Å²) in [5, 5.41) is 3.38. The van der Waals surface area contributed by atoms with E-state index in [0.717, 1.165) is 43.6 Å². The summed E-state index contributed by atoms with van der Waals surface area (Å²) in [6.07, 6.45) is 2.58. The normalized spacial score (nSPS) is 17.2.